The van der Waals surface area contributed by atoms with E-state index in [1.807, 2.05) is 0 Å². The lowest BCUT2D eigenvalue weighted by Gasteiger charge is -2.18. The number of halogens is 4. The van der Waals surface area contributed by atoms with Gasteiger partial charge < -0.3 is 24.8 Å². The largest absolute Gasteiger partial charge is 0.493 e. The fourth-order valence-electron chi connectivity index (χ4n) is 2.85. The van der Waals surface area contributed by atoms with Crippen molar-refractivity contribution in [2.75, 3.05) is 28.4 Å². The van der Waals surface area contributed by atoms with Gasteiger partial charge in [0, 0.05) is 25.7 Å². The number of rotatable bonds is 7. The minimum atomic E-state index is -4.66. The number of nitrogens with zero attached hydrogens (tertiary/aromatic N) is 1. The maximum absolute atomic E-state index is 13.3. The first kappa shape index (κ1) is 23.1. The van der Waals surface area contributed by atoms with Gasteiger partial charge in [0.25, 0.3) is 0 Å². The third-order valence-electron chi connectivity index (χ3n) is 4.28. The molecule has 0 radical (unpaired) electrons. The normalized spacial score (nSPS) is 11.8. The predicted molar refractivity (Wildman–Crippen MR) is 105 cm³/mol. The van der Waals surface area contributed by atoms with Gasteiger partial charge in [-0.05, 0) is 29.8 Å². The second-order valence-electron chi connectivity index (χ2n) is 6.07. The number of aliphatic imine (C=N–C) groups is 1. The van der Waals surface area contributed by atoms with Gasteiger partial charge in [-0.2, -0.15) is 13.2 Å². The molecule has 0 aliphatic heterocycles. The Morgan fingerprint density at radius 2 is 1.50 bits per heavy atom. The van der Waals surface area contributed by atoms with Crippen molar-refractivity contribution in [2.45, 2.75) is 19.3 Å². The SMILES string of the molecule is CN=C(NCc1ccc(F)cc1C(F)(F)F)NCc1ccc(OC)c(OC)c1OC. The van der Waals surface area contributed by atoms with Crippen LogP contribution in [0.2, 0.25) is 0 Å². The van der Waals surface area contributed by atoms with E-state index in [-0.39, 0.29) is 24.6 Å². The molecule has 0 atom stereocenters. The van der Waals surface area contributed by atoms with E-state index in [4.69, 9.17) is 14.2 Å². The van der Waals surface area contributed by atoms with Gasteiger partial charge in [-0.1, -0.05) is 6.07 Å². The van der Waals surface area contributed by atoms with Crippen LogP contribution in [0, 0.1) is 5.82 Å². The van der Waals surface area contributed by atoms with Crippen molar-refractivity contribution >= 4 is 5.96 Å². The molecule has 2 aromatic carbocycles. The monoisotopic (exact) mass is 429 g/mol. The molecule has 0 unspecified atom stereocenters. The van der Waals surface area contributed by atoms with E-state index < -0.39 is 17.6 Å². The Bertz CT molecular complexity index is 902. The first-order valence-corrected chi connectivity index (χ1v) is 8.83. The van der Waals surface area contributed by atoms with Crippen molar-refractivity contribution in [2.24, 2.45) is 4.99 Å². The zero-order valence-corrected chi connectivity index (χ0v) is 17.0. The molecule has 30 heavy (non-hydrogen) atoms. The Hall–Kier alpha value is -3.17. The lowest BCUT2D eigenvalue weighted by molar-refractivity contribution is -0.138. The molecule has 0 fully saturated rings. The van der Waals surface area contributed by atoms with Crippen LogP contribution < -0.4 is 24.8 Å². The van der Waals surface area contributed by atoms with Crippen molar-refractivity contribution in [1.82, 2.24) is 10.6 Å². The van der Waals surface area contributed by atoms with E-state index in [1.54, 1.807) is 12.1 Å². The van der Waals surface area contributed by atoms with Crippen LogP contribution in [0.25, 0.3) is 0 Å². The average molecular weight is 429 g/mol. The third-order valence-corrected chi connectivity index (χ3v) is 4.28. The highest BCUT2D eigenvalue weighted by Crippen LogP contribution is 2.39. The first-order valence-electron chi connectivity index (χ1n) is 8.83. The smallest absolute Gasteiger partial charge is 0.416 e. The van der Waals surface area contributed by atoms with Gasteiger partial charge in [0.2, 0.25) is 5.75 Å². The summed E-state index contributed by atoms with van der Waals surface area (Å²) in [4.78, 5) is 4.00. The molecule has 0 aliphatic rings. The zero-order chi connectivity index (χ0) is 22.3. The second kappa shape index (κ2) is 10.0. The van der Waals surface area contributed by atoms with Crippen molar-refractivity contribution in [3.05, 3.63) is 52.8 Å². The standard InChI is InChI=1S/C20H23F4N3O3/c1-25-19(26-10-12-5-7-14(21)9-15(12)20(22,23)24)27-11-13-6-8-16(28-2)18(30-4)17(13)29-3/h5-9H,10-11H2,1-4H3,(H2,25,26,27). The minimum Gasteiger partial charge on any atom is -0.493 e. The summed E-state index contributed by atoms with van der Waals surface area (Å²) >= 11 is 0. The van der Waals surface area contributed by atoms with E-state index in [2.05, 4.69) is 15.6 Å². The highest BCUT2D eigenvalue weighted by molar-refractivity contribution is 5.79. The van der Waals surface area contributed by atoms with Crippen LogP contribution in [0.15, 0.2) is 35.3 Å². The Balaban J connectivity index is 2.12. The number of benzene rings is 2. The van der Waals surface area contributed by atoms with E-state index in [0.717, 1.165) is 17.7 Å². The van der Waals surface area contributed by atoms with Crippen LogP contribution >= 0.6 is 0 Å². The summed E-state index contributed by atoms with van der Waals surface area (Å²) in [6.07, 6.45) is -4.66. The van der Waals surface area contributed by atoms with Gasteiger partial charge in [0.1, 0.15) is 5.82 Å². The summed E-state index contributed by atoms with van der Waals surface area (Å²) < 4.78 is 68.7. The summed E-state index contributed by atoms with van der Waals surface area (Å²) in [5, 5.41) is 5.79. The Morgan fingerprint density at radius 3 is 2.03 bits per heavy atom. The van der Waals surface area contributed by atoms with Gasteiger partial charge >= 0.3 is 6.18 Å². The molecule has 2 aromatic rings. The number of hydrogen-bond acceptors (Lipinski definition) is 4. The Kier molecular flexibility index (Phi) is 7.73. The fourth-order valence-corrected chi connectivity index (χ4v) is 2.85. The quantitative estimate of drug-likeness (QED) is 0.399. The van der Waals surface area contributed by atoms with E-state index in [0.29, 0.717) is 23.3 Å². The first-order chi connectivity index (χ1) is 14.2. The van der Waals surface area contributed by atoms with Crippen LogP contribution in [0.4, 0.5) is 17.6 Å². The van der Waals surface area contributed by atoms with Gasteiger partial charge in [0.15, 0.2) is 17.5 Å². The molecular formula is C20H23F4N3O3. The maximum Gasteiger partial charge on any atom is 0.416 e. The van der Waals surface area contributed by atoms with Gasteiger partial charge in [-0.15, -0.1) is 0 Å². The highest BCUT2D eigenvalue weighted by Gasteiger charge is 2.33. The molecule has 0 spiro atoms. The zero-order valence-electron chi connectivity index (χ0n) is 17.0. The summed E-state index contributed by atoms with van der Waals surface area (Å²) in [7, 11) is 5.96. The van der Waals surface area contributed by atoms with E-state index >= 15 is 0 Å². The Morgan fingerprint density at radius 1 is 0.900 bits per heavy atom. The molecule has 0 saturated heterocycles. The summed E-state index contributed by atoms with van der Waals surface area (Å²) in [5.41, 5.74) is -0.418. The molecule has 6 nitrogen and oxygen atoms in total. The molecule has 0 aromatic heterocycles. The van der Waals surface area contributed by atoms with Crippen LogP contribution in [0.5, 0.6) is 17.2 Å². The fraction of sp³-hybridized carbons (Fsp3) is 0.350. The number of ether oxygens (including phenoxy) is 3. The molecule has 0 amide bonds. The van der Waals surface area contributed by atoms with Crippen LogP contribution in [-0.4, -0.2) is 34.3 Å². The highest BCUT2D eigenvalue weighted by atomic mass is 19.4. The van der Waals surface area contributed by atoms with Crippen molar-refractivity contribution in [1.29, 1.82) is 0 Å². The number of guanidine groups is 1. The number of methoxy groups -OCH3 is 3. The third kappa shape index (κ3) is 5.46. The molecular weight excluding hydrogens is 406 g/mol. The molecule has 0 heterocycles. The predicted octanol–water partition coefficient (Wildman–Crippen LogP) is 3.74. The molecule has 0 aliphatic carbocycles. The number of nitrogens with one attached hydrogen (secondary N) is 2. The number of hydrogen-bond donors (Lipinski definition) is 2. The minimum absolute atomic E-state index is 0.101. The van der Waals surface area contributed by atoms with Gasteiger partial charge in [-0.3, -0.25) is 4.99 Å². The second-order valence-corrected chi connectivity index (χ2v) is 6.07. The topological polar surface area (TPSA) is 64.1 Å². The molecule has 0 bridgehead atoms. The van der Waals surface area contributed by atoms with Crippen LogP contribution in [0.3, 0.4) is 0 Å². The van der Waals surface area contributed by atoms with Crippen molar-refractivity contribution in [3.63, 3.8) is 0 Å². The van der Waals surface area contributed by atoms with Gasteiger partial charge in [-0.25, -0.2) is 4.39 Å². The molecule has 2 rings (SSSR count). The molecule has 164 valence electrons. The Labute approximate surface area is 171 Å². The average Bonchev–Trinajstić information content (AvgIpc) is 2.72. The summed E-state index contributed by atoms with van der Waals surface area (Å²) in [5.74, 6) is 0.677. The lowest BCUT2D eigenvalue weighted by Crippen LogP contribution is -2.36. The lowest BCUT2D eigenvalue weighted by atomic mass is 10.1. The summed E-state index contributed by atoms with van der Waals surface area (Å²) in [6.45, 7) is 0.0522. The van der Waals surface area contributed by atoms with E-state index in [9.17, 15) is 17.6 Å². The van der Waals surface area contributed by atoms with Crippen molar-refractivity contribution in [3.8, 4) is 17.2 Å². The molecule has 2 N–H and O–H groups in total. The molecule has 0 saturated carbocycles. The molecule has 10 heteroatoms. The maximum atomic E-state index is 13.3. The van der Waals surface area contributed by atoms with Gasteiger partial charge in [0.05, 0.1) is 26.9 Å². The van der Waals surface area contributed by atoms with Crippen molar-refractivity contribution < 1.29 is 31.8 Å². The number of alkyl halides is 3. The van der Waals surface area contributed by atoms with Crippen LogP contribution in [-0.2, 0) is 19.3 Å². The summed E-state index contributed by atoms with van der Waals surface area (Å²) in [6, 6.07) is 6.03. The van der Waals surface area contributed by atoms with Crippen LogP contribution in [0.1, 0.15) is 16.7 Å². The van der Waals surface area contributed by atoms with E-state index in [1.165, 1.54) is 28.4 Å².